The molecule has 0 bridgehead atoms. The van der Waals surface area contributed by atoms with Gasteiger partial charge in [0.1, 0.15) is 0 Å². The van der Waals surface area contributed by atoms with Crippen LogP contribution >= 0.6 is 0 Å². The highest BCUT2D eigenvalue weighted by Crippen LogP contribution is 2.62. The van der Waals surface area contributed by atoms with E-state index in [1.54, 1.807) is 31.7 Å². The van der Waals surface area contributed by atoms with Gasteiger partial charge in [0.15, 0.2) is 6.10 Å². The molecule has 2 fully saturated rings. The minimum atomic E-state index is -4.80. The zero-order chi connectivity index (χ0) is 27.7. The second kappa shape index (κ2) is 8.79. The number of aliphatic hydroxyl groups is 1. The van der Waals surface area contributed by atoms with Crippen molar-refractivity contribution in [3.8, 4) is 0 Å². The number of nitrogens with one attached hydrogen (secondary N) is 1. The quantitative estimate of drug-likeness (QED) is 0.518. The smallest absolute Gasteiger partial charge is 0.379 e. The van der Waals surface area contributed by atoms with E-state index >= 15 is 0 Å². The molecule has 10 heteroatoms. The van der Waals surface area contributed by atoms with Gasteiger partial charge in [-0.05, 0) is 100 Å². The van der Waals surface area contributed by atoms with Gasteiger partial charge in [-0.1, -0.05) is 18.2 Å². The van der Waals surface area contributed by atoms with Crippen molar-refractivity contribution in [2.45, 2.75) is 87.4 Å². The van der Waals surface area contributed by atoms with E-state index in [0.717, 1.165) is 38.5 Å². The van der Waals surface area contributed by atoms with Gasteiger partial charge in [-0.3, -0.25) is 4.79 Å². The molecule has 2 spiro atoms. The minimum absolute atomic E-state index is 0.0376. The number of sulfonamides is 1. The molecule has 0 aromatic heterocycles. The summed E-state index contributed by atoms with van der Waals surface area (Å²) in [7, 11) is -3.88. The predicted molar refractivity (Wildman–Crippen MR) is 137 cm³/mol. The van der Waals surface area contributed by atoms with Crippen LogP contribution in [0.1, 0.15) is 86.9 Å². The zero-order valence-electron chi connectivity index (χ0n) is 21.7. The Morgan fingerprint density at radius 2 is 1.63 bits per heavy atom. The maximum atomic E-state index is 13.8. The number of aliphatic hydroxyl groups excluding tert-OH is 1. The molecule has 0 unspecified atom stereocenters. The van der Waals surface area contributed by atoms with Crippen LogP contribution in [-0.4, -0.2) is 37.7 Å². The van der Waals surface area contributed by atoms with E-state index < -0.39 is 39.2 Å². The molecule has 38 heavy (non-hydrogen) atoms. The summed E-state index contributed by atoms with van der Waals surface area (Å²) in [6, 6.07) is 9.93. The van der Waals surface area contributed by atoms with E-state index in [1.807, 2.05) is 0 Å². The van der Waals surface area contributed by atoms with Gasteiger partial charge in [-0.25, -0.2) is 13.1 Å². The van der Waals surface area contributed by atoms with Crippen molar-refractivity contribution in [2.75, 3.05) is 11.4 Å². The fraction of sp³-hybridized carbons (Fsp3) is 0.536. The lowest BCUT2D eigenvalue weighted by Crippen LogP contribution is -2.41. The van der Waals surface area contributed by atoms with Crippen molar-refractivity contribution in [1.29, 1.82) is 0 Å². The molecule has 1 amide bonds. The topological polar surface area (TPSA) is 86.7 Å². The third-order valence-electron chi connectivity index (χ3n) is 8.27. The molecule has 3 aliphatic rings. The third-order valence-corrected chi connectivity index (χ3v) is 10.0. The number of alkyl halides is 3. The normalized spacial score (nSPS) is 21.0. The summed E-state index contributed by atoms with van der Waals surface area (Å²) in [5.74, 6) is -0.410. The van der Waals surface area contributed by atoms with Gasteiger partial charge in [-0.2, -0.15) is 13.2 Å². The lowest BCUT2D eigenvalue weighted by atomic mass is 9.66. The molecule has 1 atom stereocenters. The average molecular weight is 551 g/mol. The Morgan fingerprint density at radius 3 is 2.21 bits per heavy atom. The number of carbonyl (C=O) groups excluding carboxylic acids is 1. The number of anilines is 1. The zero-order valence-corrected chi connectivity index (χ0v) is 22.5. The van der Waals surface area contributed by atoms with E-state index in [9.17, 15) is 31.5 Å². The van der Waals surface area contributed by atoms with Crippen molar-refractivity contribution in [1.82, 2.24) is 4.72 Å². The number of halogens is 3. The lowest BCUT2D eigenvalue weighted by Gasteiger charge is -2.38. The number of fused-ring (bicyclic) bond motifs is 2. The number of benzene rings is 2. The first-order valence-corrected chi connectivity index (χ1v) is 14.4. The average Bonchev–Trinajstić information content (AvgIpc) is 3.53. The minimum Gasteiger partial charge on any atom is -0.379 e. The molecule has 2 aromatic carbocycles. The number of nitrogens with zero attached hydrogens (tertiary/aromatic N) is 1. The highest BCUT2D eigenvalue weighted by molar-refractivity contribution is 7.89. The summed E-state index contributed by atoms with van der Waals surface area (Å²) in [5.41, 5.74) is 0.224. The van der Waals surface area contributed by atoms with Crippen molar-refractivity contribution < 1.29 is 31.5 Å². The van der Waals surface area contributed by atoms with Crippen molar-refractivity contribution in [3.05, 3.63) is 59.2 Å². The Morgan fingerprint density at radius 1 is 1.00 bits per heavy atom. The Balaban J connectivity index is 1.51. The molecule has 2 N–H and O–H groups in total. The summed E-state index contributed by atoms with van der Waals surface area (Å²) < 4.78 is 68.3. The van der Waals surface area contributed by atoms with Crippen molar-refractivity contribution in [2.24, 2.45) is 5.41 Å². The van der Waals surface area contributed by atoms with Gasteiger partial charge in [-0.15, -0.1) is 0 Å². The van der Waals surface area contributed by atoms with Gasteiger partial charge in [0.25, 0.3) is 5.91 Å². The first kappa shape index (κ1) is 27.1. The van der Waals surface area contributed by atoms with Crippen molar-refractivity contribution >= 4 is 21.6 Å². The second-order valence-electron chi connectivity index (χ2n) is 12.3. The molecule has 0 saturated heterocycles. The predicted octanol–water partition coefficient (Wildman–Crippen LogP) is 5.61. The molecule has 206 valence electrons. The van der Waals surface area contributed by atoms with Crippen LogP contribution in [-0.2, 0) is 15.4 Å². The fourth-order valence-corrected chi connectivity index (χ4v) is 7.47. The van der Waals surface area contributed by atoms with Crippen LogP contribution in [0.3, 0.4) is 0 Å². The first-order valence-electron chi connectivity index (χ1n) is 12.9. The highest BCUT2D eigenvalue weighted by atomic mass is 32.2. The molecule has 6 nitrogen and oxygen atoms in total. The summed E-state index contributed by atoms with van der Waals surface area (Å²) in [6.45, 7) is 5.47. The van der Waals surface area contributed by atoms with Crippen LogP contribution in [0.2, 0.25) is 0 Å². The molecule has 2 aliphatic carbocycles. The Bertz CT molecular complexity index is 1370. The molecule has 5 rings (SSSR count). The molecule has 1 heterocycles. The Hall–Kier alpha value is -2.43. The summed E-state index contributed by atoms with van der Waals surface area (Å²) in [4.78, 5) is 15.3. The van der Waals surface area contributed by atoms with Gasteiger partial charge in [0, 0.05) is 28.7 Å². The maximum Gasteiger partial charge on any atom is 0.418 e. The van der Waals surface area contributed by atoms with Crippen LogP contribution < -0.4 is 9.62 Å². The maximum absolute atomic E-state index is 13.8. The van der Waals surface area contributed by atoms with E-state index in [-0.39, 0.29) is 16.0 Å². The lowest BCUT2D eigenvalue weighted by molar-refractivity contribution is -0.206. The number of hydrogen-bond acceptors (Lipinski definition) is 4. The molecule has 2 aromatic rings. The Labute approximate surface area is 221 Å². The number of amides is 1. The molecule has 2 saturated carbocycles. The van der Waals surface area contributed by atoms with Gasteiger partial charge < -0.3 is 10.0 Å². The summed E-state index contributed by atoms with van der Waals surface area (Å²) in [6.07, 6.45) is -1.68. The number of carbonyl (C=O) groups is 1. The summed E-state index contributed by atoms with van der Waals surface area (Å²) in [5, 5.41) is 9.94. The van der Waals surface area contributed by atoms with E-state index in [2.05, 4.69) is 4.72 Å². The van der Waals surface area contributed by atoms with Gasteiger partial charge in [0.2, 0.25) is 10.0 Å². The molecule has 0 radical (unpaired) electrons. The SMILES string of the molecule is CC(C)(C)NS(=O)(=O)c1cccc(C(=O)N2CC3(CCC4(CC4)CC3)c3cc([C@H](O)C(F)(F)F)ccc32)c1. The van der Waals surface area contributed by atoms with E-state index in [1.165, 1.54) is 36.4 Å². The van der Waals surface area contributed by atoms with Crippen LogP contribution in [0.5, 0.6) is 0 Å². The van der Waals surface area contributed by atoms with Gasteiger partial charge in [0.05, 0.1) is 4.90 Å². The molecular weight excluding hydrogens is 517 g/mol. The van der Waals surface area contributed by atoms with Crippen LogP contribution in [0.15, 0.2) is 47.4 Å². The largest absolute Gasteiger partial charge is 0.418 e. The fourth-order valence-electron chi connectivity index (χ4n) is 6.00. The van der Waals surface area contributed by atoms with E-state index in [4.69, 9.17) is 0 Å². The van der Waals surface area contributed by atoms with Crippen LogP contribution in [0, 0.1) is 5.41 Å². The third kappa shape index (κ3) is 4.98. The standard InChI is InChI=1S/C28H33F3N2O4S/c1-25(2,3)32-38(36,37)20-6-4-5-19(15-20)24(35)33-17-27(13-11-26(9-10-26)12-14-27)21-16-18(7-8-22(21)33)23(34)28(29,30)31/h4-8,15-16,23,32,34H,9-14,17H2,1-3H3/t23-/m0/s1. The van der Waals surface area contributed by atoms with Crippen molar-refractivity contribution in [3.63, 3.8) is 0 Å². The summed E-state index contributed by atoms with van der Waals surface area (Å²) >= 11 is 0. The van der Waals surface area contributed by atoms with Crippen LogP contribution in [0.25, 0.3) is 0 Å². The second-order valence-corrected chi connectivity index (χ2v) is 14.0. The van der Waals surface area contributed by atoms with Crippen LogP contribution in [0.4, 0.5) is 18.9 Å². The monoisotopic (exact) mass is 550 g/mol. The first-order chi connectivity index (χ1) is 17.5. The van der Waals surface area contributed by atoms with Gasteiger partial charge >= 0.3 is 6.18 Å². The van der Waals surface area contributed by atoms with E-state index in [0.29, 0.717) is 23.2 Å². The molecule has 1 aliphatic heterocycles. The number of hydrogen-bond donors (Lipinski definition) is 2. The molecular formula is C28H33F3N2O4S. The number of rotatable bonds is 4. The highest BCUT2D eigenvalue weighted by Gasteiger charge is 2.54. The Kier molecular flexibility index (Phi) is 6.28.